The van der Waals surface area contributed by atoms with Gasteiger partial charge >= 0.3 is 0 Å². The molecule has 0 saturated carbocycles. The van der Waals surface area contributed by atoms with Gasteiger partial charge in [-0.25, -0.2) is 9.50 Å². The Labute approximate surface area is 120 Å². The maximum Gasteiger partial charge on any atom is 0.214 e. The van der Waals surface area contributed by atoms with E-state index in [4.69, 9.17) is 0 Å². The number of hydrogen-bond acceptors (Lipinski definition) is 5. The fourth-order valence-electron chi connectivity index (χ4n) is 2.56. The minimum atomic E-state index is 0.932. The van der Waals surface area contributed by atoms with Crippen LogP contribution >= 0.6 is 11.3 Å². The second-order valence-electron chi connectivity index (χ2n) is 5.03. The van der Waals surface area contributed by atoms with Gasteiger partial charge in [-0.3, -0.25) is 4.98 Å². The lowest BCUT2D eigenvalue weighted by Gasteiger charge is -2.25. The summed E-state index contributed by atoms with van der Waals surface area (Å²) in [6, 6.07) is 3.94. The van der Waals surface area contributed by atoms with Crippen LogP contribution in [-0.2, 0) is 0 Å². The van der Waals surface area contributed by atoms with Crippen LogP contribution in [0.2, 0.25) is 0 Å². The van der Waals surface area contributed by atoms with Crippen molar-refractivity contribution in [1.29, 1.82) is 0 Å². The predicted molar refractivity (Wildman–Crippen MR) is 80.2 cm³/mol. The Bertz CT molecular complexity index is 680. The normalized spacial score (nSPS) is 15.9. The van der Waals surface area contributed by atoms with Crippen LogP contribution in [-0.4, -0.2) is 32.7 Å². The molecule has 0 atom stereocenters. The fraction of sp³-hybridized carbons (Fsp3) is 0.357. The van der Waals surface area contributed by atoms with E-state index in [1.807, 2.05) is 29.0 Å². The molecule has 102 valence electrons. The molecule has 0 spiro atoms. The topological polar surface area (TPSA) is 46.3 Å². The molecule has 1 fully saturated rings. The third-order valence-corrected chi connectivity index (χ3v) is 4.60. The molecule has 3 aromatic heterocycles. The van der Waals surface area contributed by atoms with Crippen molar-refractivity contribution in [2.75, 3.05) is 18.0 Å². The van der Waals surface area contributed by atoms with Crippen molar-refractivity contribution in [2.45, 2.75) is 19.3 Å². The first-order valence-corrected chi connectivity index (χ1v) is 7.73. The first-order valence-electron chi connectivity index (χ1n) is 6.92. The molecule has 1 aliphatic heterocycles. The van der Waals surface area contributed by atoms with Crippen molar-refractivity contribution in [2.24, 2.45) is 0 Å². The molecule has 5 nitrogen and oxygen atoms in total. The molecule has 3 aromatic rings. The molecule has 0 amide bonds. The first-order chi connectivity index (χ1) is 9.90. The summed E-state index contributed by atoms with van der Waals surface area (Å²) in [6.45, 7) is 2.23. The highest BCUT2D eigenvalue weighted by molar-refractivity contribution is 7.20. The van der Waals surface area contributed by atoms with Gasteiger partial charge in [0.25, 0.3) is 0 Å². The Morgan fingerprint density at radius 1 is 1.15 bits per heavy atom. The summed E-state index contributed by atoms with van der Waals surface area (Å²) in [4.78, 5) is 12.1. The van der Waals surface area contributed by atoms with E-state index in [1.54, 1.807) is 17.5 Å². The Morgan fingerprint density at radius 3 is 2.80 bits per heavy atom. The highest BCUT2D eigenvalue weighted by Gasteiger charge is 2.16. The van der Waals surface area contributed by atoms with E-state index < -0.39 is 0 Å². The molecule has 0 unspecified atom stereocenters. The van der Waals surface area contributed by atoms with E-state index in [1.165, 1.54) is 19.3 Å². The second kappa shape index (κ2) is 4.86. The summed E-state index contributed by atoms with van der Waals surface area (Å²) in [7, 11) is 0. The fourth-order valence-corrected chi connectivity index (χ4v) is 3.49. The zero-order valence-electron chi connectivity index (χ0n) is 11.1. The first kappa shape index (κ1) is 11.8. The zero-order chi connectivity index (χ0) is 13.4. The monoisotopic (exact) mass is 285 g/mol. The Balaban J connectivity index is 1.67. The standard InChI is InChI=1S/C14H15N5S/c1-2-7-18(8-3-1)14-17-19-10-12(16-13(19)20-14)11-5-4-6-15-9-11/h4-6,9-10H,1-3,7-8H2. The zero-order valence-corrected chi connectivity index (χ0v) is 11.9. The minimum Gasteiger partial charge on any atom is -0.347 e. The second-order valence-corrected chi connectivity index (χ2v) is 5.96. The number of fused-ring (bicyclic) bond motifs is 1. The highest BCUT2D eigenvalue weighted by Crippen LogP contribution is 2.28. The van der Waals surface area contributed by atoms with Gasteiger partial charge in [0.1, 0.15) is 0 Å². The van der Waals surface area contributed by atoms with E-state index in [0.717, 1.165) is 34.4 Å². The maximum atomic E-state index is 4.66. The molecule has 1 saturated heterocycles. The van der Waals surface area contributed by atoms with E-state index in [2.05, 4.69) is 20.0 Å². The lowest BCUT2D eigenvalue weighted by molar-refractivity contribution is 0.574. The van der Waals surface area contributed by atoms with Gasteiger partial charge in [0.2, 0.25) is 10.1 Å². The van der Waals surface area contributed by atoms with Crippen molar-refractivity contribution in [3.63, 3.8) is 0 Å². The number of pyridine rings is 1. The Morgan fingerprint density at radius 2 is 2.05 bits per heavy atom. The van der Waals surface area contributed by atoms with Crippen LogP contribution in [0, 0.1) is 0 Å². The number of anilines is 1. The van der Waals surface area contributed by atoms with Gasteiger partial charge in [0.15, 0.2) is 0 Å². The average molecular weight is 285 g/mol. The third-order valence-electron chi connectivity index (χ3n) is 3.62. The number of imidazole rings is 1. The van der Waals surface area contributed by atoms with Crippen LogP contribution in [0.1, 0.15) is 19.3 Å². The Hall–Kier alpha value is -1.95. The number of hydrogen-bond donors (Lipinski definition) is 0. The largest absolute Gasteiger partial charge is 0.347 e. The van der Waals surface area contributed by atoms with Crippen LogP contribution in [0.4, 0.5) is 5.13 Å². The highest BCUT2D eigenvalue weighted by atomic mass is 32.1. The van der Waals surface area contributed by atoms with Crippen LogP contribution in [0.15, 0.2) is 30.7 Å². The van der Waals surface area contributed by atoms with Crippen molar-refractivity contribution in [1.82, 2.24) is 19.6 Å². The van der Waals surface area contributed by atoms with Crippen molar-refractivity contribution < 1.29 is 0 Å². The van der Waals surface area contributed by atoms with Gasteiger partial charge in [-0.2, -0.15) is 0 Å². The summed E-state index contributed by atoms with van der Waals surface area (Å²) in [6.07, 6.45) is 9.46. The molecule has 1 aliphatic rings. The quantitative estimate of drug-likeness (QED) is 0.726. The van der Waals surface area contributed by atoms with E-state index in [9.17, 15) is 0 Å². The molecule has 6 heteroatoms. The summed E-state index contributed by atoms with van der Waals surface area (Å²) in [5.41, 5.74) is 1.96. The molecule has 0 aliphatic carbocycles. The van der Waals surface area contributed by atoms with Crippen LogP contribution < -0.4 is 4.90 Å². The molecule has 20 heavy (non-hydrogen) atoms. The minimum absolute atomic E-state index is 0.932. The third kappa shape index (κ3) is 2.06. The van der Waals surface area contributed by atoms with Gasteiger partial charge in [0.05, 0.1) is 11.9 Å². The summed E-state index contributed by atoms with van der Waals surface area (Å²) < 4.78 is 1.89. The van der Waals surface area contributed by atoms with E-state index in [0.29, 0.717) is 0 Å². The van der Waals surface area contributed by atoms with E-state index >= 15 is 0 Å². The van der Waals surface area contributed by atoms with Crippen LogP contribution in [0.3, 0.4) is 0 Å². The molecular weight excluding hydrogens is 270 g/mol. The van der Waals surface area contributed by atoms with Gasteiger partial charge < -0.3 is 4.90 Å². The SMILES string of the molecule is c1cncc(-c2cn3nc(N4CCCCC4)sc3n2)c1. The van der Waals surface area contributed by atoms with Crippen LogP contribution in [0.5, 0.6) is 0 Å². The van der Waals surface area contributed by atoms with Crippen molar-refractivity contribution in [3.05, 3.63) is 30.7 Å². The number of aromatic nitrogens is 4. The summed E-state index contributed by atoms with van der Waals surface area (Å²) >= 11 is 1.67. The molecule has 4 rings (SSSR count). The average Bonchev–Trinajstić information content (AvgIpc) is 3.08. The molecular formula is C14H15N5S. The van der Waals surface area contributed by atoms with Crippen molar-refractivity contribution >= 4 is 21.4 Å². The van der Waals surface area contributed by atoms with E-state index in [-0.39, 0.29) is 0 Å². The molecule has 0 N–H and O–H groups in total. The number of piperidine rings is 1. The lowest BCUT2D eigenvalue weighted by atomic mass is 10.1. The Kier molecular flexibility index (Phi) is 2.88. The summed E-state index contributed by atoms with van der Waals surface area (Å²) in [5, 5.41) is 5.75. The van der Waals surface area contributed by atoms with Gasteiger partial charge in [-0.05, 0) is 31.4 Å². The van der Waals surface area contributed by atoms with Gasteiger partial charge in [-0.15, -0.1) is 5.10 Å². The maximum absolute atomic E-state index is 4.66. The lowest BCUT2D eigenvalue weighted by Crippen LogP contribution is -2.29. The van der Waals surface area contributed by atoms with Gasteiger partial charge in [-0.1, -0.05) is 11.3 Å². The molecule has 0 radical (unpaired) electrons. The summed E-state index contributed by atoms with van der Waals surface area (Å²) in [5.74, 6) is 0. The molecule has 4 heterocycles. The number of rotatable bonds is 2. The number of nitrogens with zero attached hydrogens (tertiary/aromatic N) is 5. The van der Waals surface area contributed by atoms with Crippen LogP contribution in [0.25, 0.3) is 16.2 Å². The predicted octanol–water partition coefficient (Wildman–Crippen LogP) is 2.84. The smallest absolute Gasteiger partial charge is 0.214 e. The molecule has 0 bridgehead atoms. The van der Waals surface area contributed by atoms with Gasteiger partial charge in [0, 0.05) is 31.0 Å². The van der Waals surface area contributed by atoms with Crippen molar-refractivity contribution in [3.8, 4) is 11.3 Å². The molecule has 0 aromatic carbocycles.